The number of nitrogens with one attached hydrogen (secondary N) is 1. The van der Waals surface area contributed by atoms with Crippen molar-refractivity contribution in [1.29, 1.82) is 5.26 Å². The molecule has 0 aromatic heterocycles. The molecule has 0 saturated carbocycles. The third-order valence-corrected chi connectivity index (χ3v) is 3.11. The molecule has 1 saturated heterocycles. The van der Waals surface area contributed by atoms with Crippen molar-refractivity contribution in [2.45, 2.75) is 12.6 Å². The number of nitrogens with zero attached hydrogens (tertiary/aromatic N) is 2. The zero-order valence-electron chi connectivity index (χ0n) is 9.42. The molecule has 5 nitrogen and oxygen atoms in total. The third-order valence-electron chi connectivity index (χ3n) is 2.51. The Labute approximate surface area is 101 Å². The Morgan fingerprint density at radius 3 is 2.59 bits per heavy atom. The number of nitriles is 1. The molecule has 1 aliphatic heterocycles. The van der Waals surface area contributed by atoms with Crippen LogP contribution in [0.25, 0.3) is 0 Å². The predicted octanol–water partition coefficient (Wildman–Crippen LogP) is 0.766. The first-order valence-electron chi connectivity index (χ1n) is 5.18. The van der Waals surface area contributed by atoms with E-state index in [0.29, 0.717) is 5.69 Å². The van der Waals surface area contributed by atoms with Gasteiger partial charge in [0.2, 0.25) is 10.0 Å². The third kappa shape index (κ3) is 3.44. The highest BCUT2D eigenvalue weighted by molar-refractivity contribution is 7.92. The maximum absolute atomic E-state index is 11.0. The first-order valence-corrected chi connectivity index (χ1v) is 7.07. The lowest BCUT2D eigenvalue weighted by Crippen LogP contribution is -2.09. The minimum Gasteiger partial charge on any atom is -0.284 e. The first-order chi connectivity index (χ1) is 7.98. The van der Waals surface area contributed by atoms with Gasteiger partial charge in [0, 0.05) is 18.8 Å². The van der Waals surface area contributed by atoms with Gasteiger partial charge in [-0.1, -0.05) is 12.1 Å². The van der Waals surface area contributed by atoms with Crippen LogP contribution in [-0.2, 0) is 16.6 Å². The molecule has 17 heavy (non-hydrogen) atoms. The Hall–Kier alpha value is -1.58. The van der Waals surface area contributed by atoms with E-state index in [9.17, 15) is 8.42 Å². The highest BCUT2D eigenvalue weighted by atomic mass is 32.2. The molecule has 0 aliphatic carbocycles. The van der Waals surface area contributed by atoms with Crippen LogP contribution >= 0.6 is 0 Å². The smallest absolute Gasteiger partial charge is 0.229 e. The van der Waals surface area contributed by atoms with Crippen molar-refractivity contribution in [2.24, 2.45) is 0 Å². The summed E-state index contributed by atoms with van der Waals surface area (Å²) in [5, 5.41) is 8.66. The lowest BCUT2D eigenvalue weighted by molar-refractivity contribution is 0.532. The van der Waals surface area contributed by atoms with E-state index in [1.807, 2.05) is 17.0 Å². The average molecular weight is 251 g/mol. The van der Waals surface area contributed by atoms with Crippen LogP contribution in [0.3, 0.4) is 0 Å². The van der Waals surface area contributed by atoms with Crippen LogP contribution in [0.4, 0.5) is 5.69 Å². The lowest BCUT2D eigenvalue weighted by Gasteiger charge is -2.05. The summed E-state index contributed by atoms with van der Waals surface area (Å²) in [4.78, 5) is 2.04. The van der Waals surface area contributed by atoms with Crippen LogP contribution in [0.1, 0.15) is 5.56 Å². The fraction of sp³-hybridized carbons (Fsp3) is 0.364. The fourth-order valence-electron chi connectivity index (χ4n) is 1.60. The molecule has 1 aromatic carbocycles. The highest BCUT2D eigenvalue weighted by Crippen LogP contribution is 2.21. The van der Waals surface area contributed by atoms with E-state index >= 15 is 0 Å². The highest BCUT2D eigenvalue weighted by Gasteiger charge is 2.33. The van der Waals surface area contributed by atoms with Crippen molar-refractivity contribution < 1.29 is 8.42 Å². The van der Waals surface area contributed by atoms with Crippen LogP contribution in [-0.4, -0.2) is 32.2 Å². The molecule has 2 unspecified atom stereocenters. The Morgan fingerprint density at radius 2 is 2.12 bits per heavy atom. The fourth-order valence-corrected chi connectivity index (χ4v) is 2.16. The summed E-state index contributed by atoms with van der Waals surface area (Å²) in [7, 11) is -3.22. The van der Waals surface area contributed by atoms with Gasteiger partial charge in [-0.3, -0.25) is 9.62 Å². The molecule has 1 fully saturated rings. The van der Waals surface area contributed by atoms with Gasteiger partial charge >= 0.3 is 0 Å². The van der Waals surface area contributed by atoms with E-state index in [1.165, 1.54) is 0 Å². The van der Waals surface area contributed by atoms with Crippen molar-refractivity contribution in [3.8, 4) is 6.07 Å². The van der Waals surface area contributed by atoms with Crippen LogP contribution in [0.2, 0.25) is 0 Å². The number of benzene rings is 1. The molecular weight excluding hydrogens is 238 g/mol. The summed E-state index contributed by atoms with van der Waals surface area (Å²) in [6.07, 6.45) is 1.12. The van der Waals surface area contributed by atoms with Gasteiger partial charge in [-0.05, 0) is 17.7 Å². The molecule has 1 N–H and O–H groups in total. The second-order valence-electron chi connectivity index (χ2n) is 4.15. The Kier molecular flexibility index (Phi) is 3.05. The number of sulfonamides is 1. The van der Waals surface area contributed by atoms with Gasteiger partial charge in [-0.25, -0.2) is 8.42 Å². The van der Waals surface area contributed by atoms with Gasteiger partial charge in [0.05, 0.1) is 12.3 Å². The summed E-state index contributed by atoms with van der Waals surface area (Å²) in [6.45, 7) is 1.55. The summed E-state index contributed by atoms with van der Waals surface area (Å²) in [5.41, 5.74) is 1.63. The largest absolute Gasteiger partial charge is 0.284 e. The van der Waals surface area contributed by atoms with Crippen LogP contribution in [0, 0.1) is 11.3 Å². The van der Waals surface area contributed by atoms with Gasteiger partial charge < -0.3 is 0 Å². The van der Waals surface area contributed by atoms with Gasteiger partial charge in [-0.2, -0.15) is 5.26 Å². The zero-order valence-corrected chi connectivity index (χ0v) is 10.2. The molecule has 0 bridgehead atoms. The maximum atomic E-state index is 11.0. The number of rotatable bonds is 4. The minimum atomic E-state index is -3.22. The molecule has 1 aliphatic rings. The zero-order chi connectivity index (χ0) is 12.5. The average Bonchev–Trinajstić information content (AvgIpc) is 2.97. The maximum Gasteiger partial charge on any atom is 0.229 e. The van der Waals surface area contributed by atoms with Crippen LogP contribution < -0.4 is 4.72 Å². The number of hydrogen-bond donors (Lipinski definition) is 1. The van der Waals surface area contributed by atoms with E-state index in [2.05, 4.69) is 10.8 Å². The van der Waals surface area contributed by atoms with Crippen LogP contribution in [0.5, 0.6) is 0 Å². The predicted molar refractivity (Wildman–Crippen MR) is 64.7 cm³/mol. The molecule has 6 heteroatoms. The second-order valence-corrected chi connectivity index (χ2v) is 5.89. The molecule has 0 radical (unpaired) electrons. The van der Waals surface area contributed by atoms with E-state index in [4.69, 9.17) is 5.26 Å². The van der Waals surface area contributed by atoms with Gasteiger partial charge in [0.15, 0.2) is 0 Å². The summed E-state index contributed by atoms with van der Waals surface area (Å²) >= 11 is 0. The van der Waals surface area contributed by atoms with Crippen molar-refractivity contribution in [2.75, 3.05) is 17.5 Å². The monoisotopic (exact) mass is 251 g/mol. The van der Waals surface area contributed by atoms with E-state index in [1.54, 1.807) is 12.1 Å². The van der Waals surface area contributed by atoms with E-state index in [0.717, 1.165) is 24.9 Å². The Morgan fingerprint density at radius 1 is 1.47 bits per heavy atom. The quantitative estimate of drug-likeness (QED) is 0.802. The Bertz CT molecular complexity index is 545. The molecule has 0 spiro atoms. The second kappa shape index (κ2) is 4.35. The molecule has 2 atom stereocenters. The summed E-state index contributed by atoms with van der Waals surface area (Å²) in [6, 6.07) is 9.40. The normalized spacial score (nSPS) is 22.8. The summed E-state index contributed by atoms with van der Waals surface area (Å²) < 4.78 is 24.4. The van der Waals surface area contributed by atoms with Gasteiger partial charge in [-0.15, -0.1) is 0 Å². The van der Waals surface area contributed by atoms with Crippen molar-refractivity contribution in [3.05, 3.63) is 29.8 Å². The molecule has 90 valence electrons. The number of anilines is 1. The molecule has 2 rings (SSSR count). The lowest BCUT2D eigenvalue weighted by atomic mass is 10.2. The minimum absolute atomic E-state index is 0.0452. The Balaban J connectivity index is 1.97. The molecule has 0 amide bonds. The first kappa shape index (κ1) is 11.9. The van der Waals surface area contributed by atoms with Crippen molar-refractivity contribution in [3.63, 3.8) is 0 Å². The van der Waals surface area contributed by atoms with E-state index in [-0.39, 0.29) is 6.04 Å². The molecule has 1 heterocycles. The topological polar surface area (TPSA) is 73.0 Å². The number of hydrogen-bond acceptors (Lipinski definition) is 4. The van der Waals surface area contributed by atoms with Crippen molar-refractivity contribution in [1.82, 2.24) is 4.90 Å². The van der Waals surface area contributed by atoms with Gasteiger partial charge in [0.25, 0.3) is 0 Å². The van der Waals surface area contributed by atoms with Gasteiger partial charge in [0.1, 0.15) is 6.04 Å². The van der Waals surface area contributed by atoms with E-state index < -0.39 is 10.0 Å². The van der Waals surface area contributed by atoms with Crippen molar-refractivity contribution >= 4 is 15.7 Å². The molecule has 1 aromatic rings. The molecular formula is C11H13N3O2S. The van der Waals surface area contributed by atoms with Crippen LogP contribution in [0.15, 0.2) is 24.3 Å². The standard InChI is InChI=1S/C11H13N3O2S/c1-17(15,16)13-10-4-2-9(3-5-10)7-14-8-11(14)6-12/h2-5,11,13H,7-8H2,1H3. The SMILES string of the molecule is CS(=O)(=O)Nc1ccc(CN2CC2C#N)cc1. The summed E-state index contributed by atoms with van der Waals surface area (Å²) in [5.74, 6) is 0.